The number of nitrogens with zero attached hydrogens (tertiary/aromatic N) is 4. The normalized spacial score (nSPS) is 26.0. The Labute approximate surface area is 144 Å². The summed E-state index contributed by atoms with van der Waals surface area (Å²) >= 11 is 0. The molecule has 0 saturated heterocycles. The van der Waals surface area contributed by atoms with Crippen LogP contribution in [0.3, 0.4) is 0 Å². The van der Waals surface area contributed by atoms with Crippen molar-refractivity contribution >= 4 is 5.97 Å². The number of benzene rings is 1. The molecule has 7 heteroatoms. The van der Waals surface area contributed by atoms with Crippen LogP contribution in [0.1, 0.15) is 18.4 Å². The second-order valence-electron chi connectivity index (χ2n) is 5.42. The van der Waals surface area contributed by atoms with E-state index < -0.39 is 28.3 Å². The van der Waals surface area contributed by atoms with Crippen molar-refractivity contribution in [3.05, 3.63) is 47.2 Å². The molecule has 0 radical (unpaired) electrons. The Kier molecular flexibility index (Phi) is 4.46. The predicted molar refractivity (Wildman–Crippen MR) is 84.3 cm³/mol. The van der Waals surface area contributed by atoms with E-state index in [9.17, 15) is 15.3 Å². The summed E-state index contributed by atoms with van der Waals surface area (Å²) in [6.45, 7) is 1.59. The number of esters is 1. The molecular formula is C18H13N5O2. The molecule has 1 aliphatic rings. The van der Waals surface area contributed by atoms with Crippen molar-refractivity contribution in [2.24, 2.45) is 16.6 Å². The lowest BCUT2D eigenvalue weighted by Crippen LogP contribution is -2.28. The van der Waals surface area contributed by atoms with Gasteiger partial charge in [-0.3, -0.25) is 4.79 Å². The van der Waals surface area contributed by atoms with Gasteiger partial charge in [-0.25, -0.2) is 0 Å². The zero-order chi connectivity index (χ0) is 18.7. The van der Waals surface area contributed by atoms with E-state index in [1.54, 1.807) is 49.4 Å². The smallest absolute Gasteiger partial charge is 0.329 e. The number of carbonyl (C=O) groups excluding carboxylic acids is 1. The minimum atomic E-state index is -1.91. The van der Waals surface area contributed by atoms with E-state index in [2.05, 4.69) is 0 Å². The van der Waals surface area contributed by atoms with E-state index in [0.29, 0.717) is 5.56 Å². The first-order valence-corrected chi connectivity index (χ1v) is 7.36. The number of nitriles is 4. The number of nitrogens with two attached hydrogens (primary N) is 1. The molecule has 1 aliphatic carbocycles. The van der Waals surface area contributed by atoms with Gasteiger partial charge in [-0.15, -0.1) is 0 Å². The number of allylic oxidation sites excluding steroid dienone is 2. The van der Waals surface area contributed by atoms with E-state index in [1.165, 1.54) is 0 Å². The molecule has 122 valence electrons. The largest absolute Gasteiger partial charge is 0.465 e. The molecular weight excluding hydrogens is 318 g/mol. The van der Waals surface area contributed by atoms with Crippen LogP contribution < -0.4 is 5.73 Å². The third-order valence-electron chi connectivity index (χ3n) is 4.41. The van der Waals surface area contributed by atoms with Gasteiger partial charge in [0.1, 0.15) is 23.1 Å². The maximum atomic E-state index is 12.6. The van der Waals surface area contributed by atoms with Crippen LogP contribution in [-0.4, -0.2) is 12.6 Å². The lowest BCUT2D eigenvalue weighted by atomic mass is 9.89. The molecule has 0 aliphatic heterocycles. The second kappa shape index (κ2) is 6.36. The van der Waals surface area contributed by atoms with Crippen LogP contribution in [-0.2, 0) is 9.53 Å². The van der Waals surface area contributed by atoms with Crippen LogP contribution in [0.25, 0.3) is 0 Å². The Bertz CT molecular complexity index is 894. The number of rotatable bonds is 4. The molecule has 7 nitrogen and oxygen atoms in total. The minimum Gasteiger partial charge on any atom is -0.465 e. The maximum absolute atomic E-state index is 12.6. The lowest BCUT2D eigenvalue weighted by Gasteiger charge is -2.13. The molecule has 0 heterocycles. The number of hydrogen-bond donors (Lipinski definition) is 1. The van der Waals surface area contributed by atoms with Gasteiger partial charge >= 0.3 is 5.97 Å². The van der Waals surface area contributed by atoms with Gasteiger partial charge in [0.05, 0.1) is 24.4 Å². The number of hydrogen-bond acceptors (Lipinski definition) is 7. The topological polar surface area (TPSA) is 147 Å². The van der Waals surface area contributed by atoms with E-state index in [0.717, 1.165) is 0 Å². The van der Waals surface area contributed by atoms with Gasteiger partial charge in [0.25, 0.3) is 0 Å². The average Bonchev–Trinajstić information content (AvgIpc) is 3.28. The zero-order valence-corrected chi connectivity index (χ0v) is 13.4. The molecule has 2 N–H and O–H groups in total. The van der Waals surface area contributed by atoms with Gasteiger partial charge in [-0.05, 0) is 12.5 Å². The highest BCUT2D eigenvalue weighted by molar-refractivity contribution is 5.91. The summed E-state index contributed by atoms with van der Waals surface area (Å²) in [5, 5.41) is 37.8. The summed E-state index contributed by atoms with van der Waals surface area (Å²) < 4.78 is 5.01. The minimum absolute atomic E-state index is 0.0122. The molecule has 1 aromatic rings. The van der Waals surface area contributed by atoms with Crippen molar-refractivity contribution in [3.8, 4) is 24.3 Å². The first-order chi connectivity index (χ1) is 12.0. The Morgan fingerprint density at radius 3 is 2.12 bits per heavy atom. The molecule has 3 atom stereocenters. The summed E-state index contributed by atoms with van der Waals surface area (Å²) in [4.78, 5) is 12.6. The lowest BCUT2D eigenvalue weighted by molar-refractivity contribution is -0.148. The fourth-order valence-electron chi connectivity index (χ4n) is 3.27. The molecule has 0 bridgehead atoms. The van der Waals surface area contributed by atoms with Crippen molar-refractivity contribution in [2.75, 3.05) is 6.61 Å². The Balaban J connectivity index is 2.81. The average molecular weight is 331 g/mol. The van der Waals surface area contributed by atoms with Gasteiger partial charge in [0.15, 0.2) is 5.41 Å². The standard InChI is InChI=1S/C18H13N5O2/c1-2-25-16(24)18(11-22)14(12-6-4-3-5-7-12)17(18,10-21)15(23)13(8-19)9-20/h3-7,14H,2,23H2,1H3. The molecule has 0 amide bonds. The third kappa shape index (κ3) is 2.12. The van der Waals surface area contributed by atoms with Gasteiger partial charge in [-0.2, -0.15) is 21.0 Å². The second-order valence-corrected chi connectivity index (χ2v) is 5.42. The van der Waals surface area contributed by atoms with Crippen molar-refractivity contribution in [2.45, 2.75) is 12.8 Å². The van der Waals surface area contributed by atoms with E-state index >= 15 is 0 Å². The molecule has 3 unspecified atom stereocenters. The number of ether oxygens (including phenoxy) is 1. The fourth-order valence-corrected chi connectivity index (χ4v) is 3.27. The molecule has 2 rings (SSSR count). The van der Waals surface area contributed by atoms with Crippen molar-refractivity contribution < 1.29 is 9.53 Å². The van der Waals surface area contributed by atoms with Gasteiger partial charge in [0, 0.05) is 5.92 Å². The van der Waals surface area contributed by atoms with Crippen LogP contribution in [0.15, 0.2) is 41.6 Å². The van der Waals surface area contributed by atoms with Crippen LogP contribution in [0, 0.1) is 56.2 Å². The van der Waals surface area contributed by atoms with Crippen LogP contribution >= 0.6 is 0 Å². The summed E-state index contributed by atoms with van der Waals surface area (Å²) in [7, 11) is 0. The van der Waals surface area contributed by atoms with Crippen LogP contribution in [0.5, 0.6) is 0 Å². The van der Waals surface area contributed by atoms with Crippen molar-refractivity contribution in [1.82, 2.24) is 0 Å². The highest BCUT2D eigenvalue weighted by atomic mass is 16.5. The van der Waals surface area contributed by atoms with Gasteiger partial charge < -0.3 is 10.5 Å². The first-order valence-electron chi connectivity index (χ1n) is 7.36. The summed E-state index contributed by atoms with van der Waals surface area (Å²) in [5.41, 5.74) is 1.85. The molecule has 1 aromatic carbocycles. The molecule has 1 fully saturated rings. The number of carbonyl (C=O) groups is 1. The summed E-state index contributed by atoms with van der Waals surface area (Å²) in [6, 6.07) is 15.5. The Morgan fingerprint density at radius 2 is 1.68 bits per heavy atom. The summed E-state index contributed by atoms with van der Waals surface area (Å²) in [6.07, 6.45) is 0. The molecule has 1 saturated carbocycles. The van der Waals surface area contributed by atoms with Crippen molar-refractivity contribution in [1.29, 1.82) is 21.0 Å². The first kappa shape index (κ1) is 17.5. The Hall–Kier alpha value is -3.81. The molecule has 25 heavy (non-hydrogen) atoms. The maximum Gasteiger partial charge on any atom is 0.329 e. The highest BCUT2D eigenvalue weighted by Gasteiger charge is 2.86. The van der Waals surface area contributed by atoms with Gasteiger partial charge in [0.2, 0.25) is 0 Å². The third-order valence-corrected chi connectivity index (χ3v) is 4.41. The van der Waals surface area contributed by atoms with E-state index in [4.69, 9.17) is 21.0 Å². The van der Waals surface area contributed by atoms with Crippen LogP contribution in [0.4, 0.5) is 0 Å². The summed E-state index contributed by atoms with van der Waals surface area (Å²) in [5.74, 6) is -1.84. The zero-order valence-electron chi connectivity index (χ0n) is 13.4. The molecule has 0 spiro atoms. The Morgan fingerprint density at radius 1 is 1.12 bits per heavy atom. The van der Waals surface area contributed by atoms with Gasteiger partial charge in [-0.1, -0.05) is 30.3 Å². The van der Waals surface area contributed by atoms with E-state index in [1.807, 2.05) is 12.1 Å². The SMILES string of the molecule is CCOC(=O)C1(C#N)C(c2ccccc2)C1(C#N)C(N)=C(C#N)C#N. The van der Waals surface area contributed by atoms with E-state index in [-0.39, 0.29) is 12.3 Å². The fraction of sp³-hybridized carbons (Fsp3) is 0.278. The predicted octanol–water partition coefficient (Wildman–Crippen LogP) is 1.63. The molecule has 0 aromatic heterocycles. The van der Waals surface area contributed by atoms with Crippen molar-refractivity contribution in [3.63, 3.8) is 0 Å². The monoisotopic (exact) mass is 331 g/mol. The van der Waals surface area contributed by atoms with Crippen LogP contribution in [0.2, 0.25) is 0 Å². The quantitative estimate of drug-likeness (QED) is 0.651. The highest BCUT2D eigenvalue weighted by Crippen LogP contribution is 2.76.